The second kappa shape index (κ2) is 11.7. The summed E-state index contributed by atoms with van der Waals surface area (Å²) in [6, 6.07) is 18.5. The molecule has 2 aromatic carbocycles. The van der Waals surface area contributed by atoms with E-state index in [-0.39, 0.29) is 17.7 Å². The summed E-state index contributed by atoms with van der Waals surface area (Å²) in [6.45, 7) is 4.45. The number of rotatable bonds is 9. The Bertz CT molecular complexity index is 1190. The average molecular weight is 461 g/mol. The summed E-state index contributed by atoms with van der Waals surface area (Å²) >= 11 is 1.21. The minimum atomic E-state index is -0.616. The zero-order valence-corrected chi connectivity index (χ0v) is 19.3. The topological polar surface area (TPSA) is 88.4 Å². The van der Waals surface area contributed by atoms with Gasteiger partial charge in [0, 0.05) is 16.5 Å². The van der Waals surface area contributed by atoms with Crippen LogP contribution in [0, 0.1) is 11.3 Å². The van der Waals surface area contributed by atoms with Gasteiger partial charge < -0.3 is 14.8 Å². The molecule has 0 radical (unpaired) electrons. The van der Waals surface area contributed by atoms with Gasteiger partial charge in [0.2, 0.25) is 0 Å². The van der Waals surface area contributed by atoms with Crippen LogP contribution >= 0.6 is 11.3 Å². The molecule has 3 rings (SSSR count). The van der Waals surface area contributed by atoms with Gasteiger partial charge in [0.15, 0.2) is 0 Å². The number of esters is 1. The molecule has 0 atom stereocenters. The number of carbonyl (C=O) groups is 2. The number of benzene rings is 2. The lowest BCUT2D eigenvalue weighted by Gasteiger charge is -2.10. The van der Waals surface area contributed by atoms with Crippen LogP contribution in [0.1, 0.15) is 36.2 Å². The van der Waals surface area contributed by atoms with Crippen molar-refractivity contribution in [3.8, 4) is 22.9 Å². The lowest BCUT2D eigenvalue weighted by molar-refractivity contribution is -0.112. The summed E-state index contributed by atoms with van der Waals surface area (Å²) in [5, 5.41) is 14.5. The molecule has 1 amide bonds. The van der Waals surface area contributed by atoms with Gasteiger partial charge in [0.05, 0.1) is 13.2 Å². The molecular formula is C26H24N2O4S. The molecular weight excluding hydrogens is 436 g/mol. The predicted octanol–water partition coefficient (Wildman–Crippen LogP) is 5.93. The van der Waals surface area contributed by atoms with Gasteiger partial charge in [-0.25, -0.2) is 4.79 Å². The minimum Gasteiger partial charge on any atom is -0.493 e. The Kier molecular flexibility index (Phi) is 8.39. The van der Waals surface area contributed by atoms with Crippen molar-refractivity contribution in [3.05, 3.63) is 76.7 Å². The van der Waals surface area contributed by atoms with E-state index >= 15 is 0 Å². The zero-order chi connectivity index (χ0) is 23.6. The van der Waals surface area contributed by atoms with Gasteiger partial charge in [-0.2, -0.15) is 5.26 Å². The second-order valence-corrected chi connectivity index (χ2v) is 7.83. The smallest absolute Gasteiger partial charge is 0.341 e. The number of anilines is 1. The number of hydrogen-bond donors (Lipinski definition) is 1. The van der Waals surface area contributed by atoms with E-state index < -0.39 is 11.9 Å². The summed E-state index contributed by atoms with van der Waals surface area (Å²) in [7, 11) is 0. The molecule has 0 unspecified atom stereocenters. The number of amides is 1. The van der Waals surface area contributed by atoms with Crippen molar-refractivity contribution >= 4 is 34.3 Å². The maximum Gasteiger partial charge on any atom is 0.341 e. The SMILES string of the molecule is CCCOc1ccccc1/C=C(\C#N)C(=O)Nc1scc(-c2ccccc2)c1C(=O)OCC. The molecule has 0 aliphatic heterocycles. The van der Waals surface area contributed by atoms with Crippen LogP contribution < -0.4 is 10.1 Å². The molecule has 168 valence electrons. The van der Waals surface area contributed by atoms with Gasteiger partial charge in [0.25, 0.3) is 5.91 Å². The molecule has 3 aromatic rings. The van der Waals surface area contributed by atoms with Crippen molar-refractivity contribution in [2.24, 2.45) is 0 Å². The van der Waals surface area contributed by atoms with E-state index in [1.165, 1.54) is 17.4 Å². The monoisotopic (exact) mass is 460 g/mol. The van der Waals surface area contributed by atoms with E-state index in [1.54, 1.807) is 24.4 Å². The molecule has 0 saturated carbocycles. The maximum atomic E-state index is 13.0. The van der Waals surface area contributed by atoms with Crippen LogP contribution in [0.25, 0.3) is 17.2 Å². The van der Waals surface area contributed by atoms with Gasteiger partial charge in [-0.3, -0.25) is 4.79 Å². The average Bonchev–Trinajstić information content (AvgIpc) is 3.26. The number of nitriles is 1. The number of hydrogen-bond acceptors (Lipinski definition) is 6. The molecule has 0 fully saturated rings. The third-order valence-electron chi connectivity index (χ3n) is 4.63. The number of ether oxygens (including phenoxy) is 2. The number of carbonyl (C=O) groups excluding carboxylic acids is 2. The maximum absolute atomic E-state index is 13.0. The van der Waals surface area contributed by atoms with Crippen LogP contribution in [0.5, 0.6) is 5.75 Å². The standard InChI is InChI=1S/C26H24N2O4S/c1-3-14-32-22-13-9-8-12-19(22)15-20(16-27)24(29)28-25-23(26(30)31-4-2)21(17-33-25)18-10-6-5-7-11-18/h5-13,15,17H,3-4,14H2,1-2H3,(H,28,29)/b20-15+. The zero-order valence-electron chi connectivity index (χ0n) is 18.5. The highest BCUT2D eigenvalue weighted by Crippen LogP contribution is 2.36. The van der Waals surface area contributed by atoms with E-state index in [0.29, 0.717) is 28.5 Å². The Morgan fingerprint density at radius 3 is 2.52 bits per heavy atom. The van der Waals surface area contributed by atoms with Crippen LogP contribution in [0.3, 0.4) is 0 Å². The second-order valence-electron chi connectivity index (χ2n) is 6.95. The fraction of sp³-hybridized carbons (Fsp3) is 0.192. The Morgan fingerprint density at radius 2 is 1.82 bits per heavy atom. The Labute approximate surface area is 197 Å². The lowest BCUT2D eigenvalue weighted by atomic mass is 10.0. The highest BCUT2D eigenvalue weighted by Gasteiger charge is 2.23. The molecule has 0 aliphatic rings. The third kappa shape index (κ3) is 5.88. The van der Waals surface area contributed by atoms with E-state index in [0.717, 1.165) is 12.0 Å². The summed E-state index contributed by atoms with van der Waals surface area (Å²) in [4.78, 5) is 25.7. The lowest BCUT2D eigenvalue weighted by Crippen LogP contribution is -2.16. The Morgan fingerprint density at radius 1 is 1.09 bits per heavy atom. The molecule has 1 N–H and O–H groups in total. The van der Waals surface area contributed by atoms with E-state index in [2.05, 4.69) is 5.32 Å². The van der Waals surface area contributed by atoms with E-state index in [4.69, 9.17) is 9.47 Å². The first-order valence-corrected chi connectivity index (χ1v) is 11.5. The van der Waals surface area contributed by atoms with Gasteiger partial charge in [-0.1, -0.05) is 55.5 Å². The first kappa shape index (κ1) is 23.8. The Hall–Kier alpha value is -3.89. The molecule has 0 bridgehead atoms. The quantitative estimate of drug-likeness (QED) is 0.243. The van der Waals surface area contributed by atoms with Gasteiger partial charge in [-0.05, 0) is 31.1 Å². The summed E-state index contributed by atoms with van der Waals surface area (Å²) in [5.74, 6) is -0.557. The number of thiophene rings is 1. The van der Waals surface area contributed by atoms with Crippen LogP contribution in [0.4, 0.5) is 5.00 Å². The first-order chi connectivity index (χ1) is 16.1. The number of nitrogens with zero attached hydrogens (tertiary/aromatic N) is 1. The highest BCUT2D eigenvalue weighted by molar-refractivity contribution is 7.15. The van der Waals surface area contributed by atoms with Gasteiger partial charge in [0.1, 0.15) is 28.0 Å². The molecule has 7 heteroatoms. The van der Waals surface area contributed by atoms with Crippen LogP contribution in [0.2, 0.25) is 0 Å². The molecule has 1 heterocycles. The number of nitrogens with one attached hydrogen (secondary N) is 1. The van der Waals surface area contributed by atoms with Gasteiger partial charge in [-0.15, -0.1) is 11.3 Å². The molecule has 1 aromatic heterocycles. The molecule has 0 saturated heterocycles. The molecule has 0 spiro atoms. The van der Waals surface area contributed by atoms with Crippen molar-refractivity contribution in [3.63, 3.8) is 0 Å². The van der Waals surface area contributed by atoms with Crippen LogP contribution in [0.15, 0.2) is 65.6 Å². The minimum absolute atomic E-state index is 0.105. The summed E-state index contributed by atoms with van der Waals surface area (Å²) in [5.41, 5.74) is 2.28. The Balaban J connectivity index is 1.93. The first-order valence-electron chi connectivity index (χ1n) is 10.6. The van der Waals surface area contributed by atoms with Crippen molar-refractivity contribution in [2.45, 2.75) is 20.3 Å². The highest BCUT2D eigenvalue weighted by atomic mass is 32.1. The van der Waals surface area contributed by atoms with Crippen molar-refractivity contribution in [2.75, 3.05) is 18.5 Å². The molecule has 33 heavy (non-hydrogen) atoms. The number of para-hydroxylation sites is 1. The van der Waals surface area contributed by atoms with Crippen molar-refractivity contribution in [1.29, 1.82) is 5.26 Å². The third-order valence-corrected chi connectivity index (χ3v) is 5.52. The largest absolute Gasteiger partial charge is 0.493 e. The fourth-order valence-corrected chi connectivity index (χ4v) is 4.06. The predicted molar refractivity (Wildman–Crippen MR) is 130 cm³/mol. The van der Waals surface area contributed by atoms with Crippen molar-refractivity contribution < 1.29 is 19.1 Å². The van der Waals surface area contributed by atoms with Gasteiger partial charge >= 0.3 is 5.97 Å². The van der Waals surface area contributed by atoms with E-state index in [9.17, 15) is 14.9 Å². The fourth-order valence-electron chi connectivity index (χ4n) is 3.10. The molecule has 0 aliphatic carbocycles. The summed E-state index contributed by atoms with van der Waals surface area (Å²) in [6.07, 6.45) is 2.32. The molecule has 6 nitrogen and oxygen atoms in total. The summed E-state index contributed by atoms with van der Waals surface area (Å²) < 4.78 is 10.9. The van der Waals surface area contributed by atoms with E-state index in [1.807, 2.05) is 55.5 Å². The van der Waals surface area contributed by atoms with Crippen LogP contribution in [-0.4, -0.2) is 25.1 Å². The van der Waals surface area contributed by atoms with Crippen molar-refractivity contribution in [1.82, 2.24) is 0 Å². The van der Waals surface area contributed by atoms with Crippen LogP contribution in [-0.2, 0) is 9.53 Å². The normalized spacial score (nSPS) is 10.9.